The van der Waals surface area contributed by atoms with Gasteiger partial charge in [0.15, 0.2) is 0 Å². The summed E-state index contributed by atoms with van der Waals surface area (Å²) in [6.45, 7) is 28.1. The molecule has 0 atom stereocenters. The normalized spacial score (nSPS) is 11.7. The molecule has 4 aromatic carbocycles. The predicted octanol–water partition coefficient (Wildman–Crippen LogP) is 8.83. The van der Waals surface area contributed by atoms with Crippen molar-refractivity contribution >= 4 is 38.8 Å². The summed E-state index contributed by atoms with van der Waals surface area (Å²) >= 11 is 0. The Morgan fingerprint density at radius 1 is 0.255 bits per heavy atom. The topological polar surface area (TPSA) is 9.23 Å². The molecule has 4 rings (SSSR count). The van der Waals surface area contributed by atoms with Gasteiger partial charge in [0, 0.05) is 0 Å². The van der Waals surface area contributed by atoms with Crippen molar-refractivity contribution in [3.63, 3.8) is 0 Å². The minimum atomic E-state index is -2.20. The van der Waals surface area contributed by atoms with E-state index in [0.717, 1.165) is 77.0 Å². The summed E-state index contributed by atoms with van der Waals surface area (Å²) in [5, 5.41) is 6.12. The zero-order valence-electron chi connectivity index (χ0n) is 34.7. The van der Waals surface area contributed by atoms with Crippen molar-refractivity contribution in [1.82, 2.24) is 0 Å². The second kappa shape index (κ2) is 19.4. The van der Waals surface area contributed by atoms with Gasteiger partial charge in [0.2, 0.25) is 18.1 Å². The van der Waals surface area contributed by atoms with Gasteiger partial charge in [-0.05, 0) is 165 Å². The Balaban J connectivity index is 2.18. The molecule has 51 heavy (non-hydrogen) atoms. The zero-order chi connectivity index (χ0) is 37.2. The summed E-state index contributed by atoms with van der Waals surface area (Å²) in [5.41, 5.74) is 18.1. The Morgan fingerprint density at radius 3 is 0.569 bits per heavy atom. The first-order chi connectivity index (χ1) is 24.7. The summed E-state index contributed by atoms with van der Waals surface area (Å²) in [5.74, 6) is 0. The third kappa shape index (κ3) is 8.74. The van der Waals surface area contributed by atoms with Crippen LogP contribution < -0.4 is 20.7 Å². The molecule has 0 aliphatic rings. The molecule has 276 valence electrons. The van der Waals surface area contributed by atoms with Crippen molar-refractivity contribution in [1.29, 1.82) is 0 Å². The van der Waals surface area contributed by atoms with Crippen LogP contribution in [-0.4, -0.2) is 18.1 Å². The number of aryl methyl sites for hydroxylation is 12. The zero-order valence-corrected chi connectivity index (χ0v) is 37.0. The van der Waals surface area contributed by atoms with Gasteiger partial charge in [0.05, 0.1) is 0 Å². The molecule has 0 aromatic heterocycles. The lowest BCUT2D eigenvalue weighted by molar-refractivity contribution is 0.631. The van der Waals surface area contributed by atoms with Crippen LogP contribution in [0, 0.1) is 0 Å². The minimum absolute atomic E-state index is 1.04. The Bertz CT molecular complexity index is 1510. The Kier molecular flexibility index (Phi) is 15.6. The third-order valence-electron chi connectivity index (χ3n) is 11.8. The van der Waals surface area contributed by atoms with Gasteiger partial charge in [-0.3, -0.25) is 0 Å². The molecule has 0 aliphatic carbocycles. The molecule has 0 amide bonds. The number of hydrogen-bond acceptors (Lipinski definition) is 1. The summed E-state index contributed by atoms with van der Waals surface area (Å²) in [4.78, 5) is 0. The van der Waals surface area contributed by atoms with E-state index < -0.39 is 18.1 Å². The smallest absolute Gasteiger partial charge is 0.229 e. The number of rotatable bonds is 18. The van der Waals surface area contributed by atoms with Crippen molar-refractivity contribution in [2.45, 2.75) is 160 Å². The highest BCUT2D eigenvalue weighted by molar-refractivity contribution is 6.92. The molecule has 4 aromatic rings. The Morgan fingerprint density at radius 2 is 0.412 bits per heavy atom. The molecule has 0 saturated carbocycles. The number of hydrogen-bond donors (Lipinski definition) is 0. The van der Waals surface area contributed by atoms with E-state index in [2.05, 4.69) is 132 Å². The van der Waals surface area contributed by atoms with Crippen LogP contribution in [0.1, 0.15) is 150 Å². The molecule has 0 heterocycles. The van der Waals surface area contributed by atoms with Crippen LogP contribution in [0.3, 0.4) is 0 Å². The molecule has 0 saturated heterocycles. The van der Waals surface area contributed by atoms with E-state index in [1.165, 1.54) is 87.5 Å². The van der Waals surface area contributed by atoms with Gasteiger partial charge in [0.1, 0.15) is 0 Å². The van der Waals surface area contributed by atoms with Crippen LogP contribution >= 0.6 is 0 Å². The summed E-state index contributed by atoms with van der Waals surface area (Å²) in [6, 6.07) is 20.7. The van der Waals surface area contributed by atoms with E-state index >= 15 is 0 Å². The van der Waals surface area contributed by atoms with Gasteiger partial charge in [-0.1, -0.05) is 132 Å². The highest BCUT2D eigenvalue weighted by Gasteiger charge is 2.33. The summed E-state index contributed by atoms with van der Waals surface area (Å²) in [7, 11) is -4.40. The maximum absolute atomic E-state index is 8.33. The summed E-state index contributed by atoms with van der Waals surface area (Å²) in [6.07, 6.45) is 12.7. The second-order valence-corrected chi connectivity index (χ2v) is 19.5. The quantitative estimate of drug-likeness (QED) is 0.0935. The van der Waals surface area contributed by atoms with Crippen molar-refractivity contribution in [3.8, 4) is 0 Å². The molecule has 0 spiro atoms. The highest BCUT2D eigenvalue weighted by atomic mass is 28.4. The first-order valence-electron chi connectivity index (χ1n) is 21.0. The largest absolute Gasteiger partial charge is 0.446 e. The predicted molar refractivity (Wildman–Crippen MR) is 232 cm³/mol. The van der Waals surface area contributed by atoms with Gasteiger partial charge in [-0.25, -0.2) is 0 Å². The van der Waals surface area contributed by atoms with E-state index in [1.807, 2.05) is 0 Å². The van der Waals surface area contributed by atoms with Gasteiger partial charge in [0.25, 0.3) is 0 Å². The Labute approximate surface area is 317 Å². The first-order valence-corrected chi connectivity index (χ1v) is 24.2. The molecule has 0 fully saturated rings. The monoisotopic (exact) mass is 718 g/mol. The van der Waals surface area contributed by atoms with E-state index in [1.54, 1.807) is 0 Å². The fourth-order valence-electron chi connectivity index (χ4n) is 8.64. The fourth-order valence-corrected chi connectivity index (χ4v) is 16.6. The molecule has 1 nitrogen and oxygen atoms in total. The second-order valence-electron chi connectivity index (χ2n) is 14.4. The van der Waals surface area contributed by atoms with E-state index in [0.29, 0.717) is 0 Å². The van der Waals surface area contributed by atoms with Crippen LogP contribution in [0.4, 0.5) is 0 Å². The van der Waals surface area contributed by atoms with Crippen molar-refractivity contribution in [2.75, 3.05) is 0 Å². The van der Waals surface area contributed by atoms with Gasteiger partial charge in [-0.2, -0.15) is 0 Å². The van der Waals surface area contributed by atoms with Crippen LogP contribution in [0.25, 0.3) is 0 Å². The SMILES string of the molecule is CCc1cc(CC)c([SiH](O[SiH](c2cc(CC)c(CC)cc2CC)c2cc(CC)c(CC)cc2CC)c2cc(CC)c(CC)cc2CC)cc1CC. The summed E-state index contributed by atoms with van der Waals surface area (Å²) < 4.78 is 8.33. The van der Waals surface area contributed by atoms with Crippen molar-refractivity contribution in [2.24, 2.45) is 0 Å². The average Bonchev–Trinajstić information content (AvgIpc) is 3.19. The van der Waals surface area contributed by atoms with Crippen LogP contribution in [-0.2, 0) is 81.2 Å². The van der Waals surface area contributed by atoms with Gasteiger partial charge in [-0.15, -0.1) is 0 Å². The minimum Gasteiger partial charge on any atom is -0.446 e. The van der Waals surface area contributed by atoms with Crippen LogP contribution in [0.5, 0.6) is 0 Å². The molecule has 0 aliphatic heterocycles. The van der Waals surface area contributed by atoms with E-state index in [4.69, 9.17) is 4.12 Å². The van der Waals surface area contributed by atoms with E-state index in [9.17, 15) is 0 Å². The molecular formula is C48H70OSi2. The van der Waals surface area contributed by atoms with Crippen molar-refractivity contribution < 1.29 is 4.12 Å². The Hall–Kier alpha value is -2.73. The van der Waals surface area contributed by atoms with Gasteiger partial charge < -0.3 is 4.12 Å². The lowest BCUT2D eigenvalue weighted by Crippen LogP contribution is -2.59. The molecule has 0 N–H and O–H groups in total. The lowest BCUT2D eigenvalue weighted by Gasteiger charge is -2.32. The highest BCUT2D eigenvalue weighted by Crippen LogP contribution is 2.22. The van der Waals surface area contributed by atoms with Crippen LogP contribution in [0.2, 0.25) is 0 Å². The molecule has 3 heteroatoms. The van der Waals surface area contributed by atoms with E-state index in [-0.39, 0.29) is 0 Å². The number of benzene rings is 4. The average molecular weight is 719 g/mol. The molecular weight excluding hydrogens is 649 g/mol. The molecule has 0 radical (unpaired) electrons. The van der Waals surface area contributed by atoms with Crippen LogP contribution in [0.15, 0.2) is 48.5 Å². The molecule has 0 unspecified atom stereocenters. The first kappa shape index (κ1) is 41.0. The molecule has 0 bridgehead atoms. The third-order valence-corrected chi connectivity index (χ3v) is 18.4. The van der Waals surface area contributed by atoms with Crippen molar-refractivity contribution in [3.05, 3.63) is 115 Å². The maximum Gasteiger partial charge on any atom is 0.229 e. The fraction of sp³-hybridized carbons (Fsp3) is 0.500. The standard InChI is InChI=1S/C48H70OSi2/c1-13-33-25-41(21-9)45(29-37(33)17-5)50(46-30-38(18-6)34(14-2)26-42(46)22-10)49-51(47-31-39(19-7)35(15-3)27-43(47)23-11)48-32-40(20-8)36(16-4)28-44(48)24-12/h25-32,50-51H,13-24H2,1-12H3. The maximum atomic E-state index is 8.33. The lowest BCUT2D eigenvalue weighted by atomic mass is 9.98. The van der Waals surface area contributed by atoms with Gasteiger partial charge >= 0.3 is 0 Å².